The highest BCUT2D eigenvalue weighted by molar-refractivity contribution is 7.92. The smallest absolute Gasteiger partial charge is 0.234 e. The predicted octanol–water partition coefficient (Wildman–Crippen LogP) is 3.34. The molecule has 1 saturated heterocycles. The number of hydrogen-bond donors (Lipinski definition) is 1. The minimum atomic E-state index is -3.54. The van der Waals surface area contributed by atoms with E-state index in [1.807, 2.05) is 47.8 Å². The third-order valence-corrected chi connectivity index (χ3v) is 6.16. The third kappa shape index (κ3) is 4.09. The van der Waals surface area contributed by atoms with Crippen molar-refractivity contribution < 1.29 is 13.2 Å². The van der Waals surface area contributed by atoms with Gasteiger partial charge in [-0.05, 0) is 35.9 Å². The maximum atomic E-state index is 12.5. The molecule has 122 valence electrons. The molecule has 1 aliphatic rings. The molecule has 0 radical (unpaired) electrons. The molecule has 1 fully saturated rings. The van der Waals surface area contributed by atoms with Crippen molar-refractivity contribution in [3.8, 4) is 0 Å². The van der Waals surface area contributed by atoms with E-state index in [0.717, 1.165) is 10.4 Å². The van der Waals surface area contributed by atoms with Gasteiger partial charge in [-0.3, -0.25) is 0 Å². The topological polar surface area (TPSA) is 55.4 Å². The fourth-order valence-corrected chi connectivity index (χ4v) is 4.98. The molecule has 1 aromatic carbocycles. The molecular weight excluding hydrogens is 330 g/mol. The van der Waals surface area contributed by atoms with Crippen LogP contribution in [0.15, 0.2) is 53.3 Å². The second-order valence-electron chi connectivity index (χ2n) is 5.53. The van der Waals surface area contributed by atoms with Crippen LogP contribution in [0.3, 0.4) is 0 Å². The van der Waals surface area contributed by atoms with Gasteiger partial charge in [0.15, 0.2) is 0 Å². The molecule has 0 spiro atoms. The summed E-state index contributed by atoms with van der Waals surface area (Å²) in [5.41, 5.74) is 0.293. The molecule has 2 heterocycles. The van der Waals surface area contributed by atoms with E-state index in [1.54, 1.807) is 17.4 Å². The highest BCUT2D eigenvalue weighted by atomic mass is 32.2. The van der Waals surface area contributed by atoms with E-state index in [4.69, 9.17) is 4.74 Å². The van der Waals surface area contributed by atoms with Gasteiger partial charge in [-0.1, -0.05) is 36.4 Å². The zero-order chi connectivity index (χ0) is 16.2. The average Bonchev–Trinajstić information content (AvgIpc) is 3.10. The Kier molecular flexibility index (Phi) is 4.96. The summed E-state index contributed by atoms with van der Waals surface area (Å²) in [6.07, 6.45) is 2.90. The van der Waals surface area contributed by atoms with E-state index >= 15 is 0 Å². The van der Waals surface area contributed by atoms with E-state index in [9.17, 15) is 8.42 Å². The van der Waals surface area contributed by atoms with Gasteiger partial charge in [0, 0.05) is 23.5 Å². The van der Waals surface area contributed by atoms with Crippen molar-refractivity contribution in [2.45, 2.75) is 18.4 Å². The summed E-state index contributed by atoms with van der Waals surface area (Å²) in [4.78, 5) is 1.04. The fraction of sp³-hybridized carbons (Fsp3) is 0.294. The third-order valence-electron chi connectivity index (χ3n) is 3.92. The summed E-state index contributed by atoms with van der Waals surface area (Å²) in [5, 5.41) is 3.22. The molecule has 0 amide bonds. The van der Waals surface area contributed by atoms with Crippen molar-refractivity contribution in [2.24, 2.45) is 0 Å². The summed E-state index contributed by atoms with van der Waals surface area (Å²) in [5.74, 6) is 0. The number of thiophene rings is 1. The normalized spacial score (nSPS) is 18.3. The Morgan fingerprint density at radius 3 is 2.48 bits per heavy atom. The second kappa shape index (κ2) is 6.97. The van der Waals surface area contributed by atoms with Crippen molar-refractivity contribution in [1.82, 2.24) is 4.72 Å². The van der Waals surface area contributed by atoms with Crippen molar-refractivity contribution >= 4 is 27.4 Å². The largest absolute Gasteiger partial charge is 0.381 e. The van der Waals surface area contributed by atoms with Crippen molar-refractivity contribution in [3.63, 3.8) is 0 Å². The molecule has 0 bridgehead atoms. The molecule has 4 nitrogen and oxygen atoms in total. The summed E-state index contributed by atoms with van der Waals surface area (Å²) in [7, 11) is -3.54. The Bertz CT molecular complexity index is 746. The van der Waals surface area contributed by atoms with Crippen LogP contribution in [0.1, 0.15) is 23.3 Å². The average molecular weight is 349 g/mol. The van der Waals surface area contributed by atoms with E-state index in [2.05, 4.69) is 4.72 Å². The van der Waals surface area contributed by atoms with Gasteiger partial charge in [-0.15, -0.1) is 11.3 Å². The van der Waals surface area contributed by atoms with Gasteiger partial charge in [0.05, 0.1) is 5.54 Å². The van der Waals surface area contributed by atoms with Crippen molar-refractivity contribution in [2.75, 3.05) is 13.2 Å². The Hall–Kier alpha value is -1.47. The quantitative estimate of drug-likeness (QED) is 0.901. The standard InChI is InChI=1S/C17H19NO3S2/c19-23(20,14-8-15-5-2-1-3-6-15)18-17(9-11-21-12-10-17)16-7-4-13-22-16/h1-8,13-14,18H,9-12H2/b14-8+. The molecule has 6 heteroatoms. The predicted molar refractivity (Wildman–Crippen MR) is 93.6 cm³/mol. The van der Waals surface area contributed by atoms with Crippen molar-refractivity contribution in [1.29, 1.82) is 0 Å². The van der Waals surface area contributed by atoms with Crippen LogP contribution >= 0.6 is 11.3 Å². The lowest BCUT2D eigenvalue weighted by molar-refractivity contribution is 0.0473. The van der Waals surface area contributed by atoms with E-state index < -0.39 is 15.6 Å². The highest BCUT2D eigenvalue weighted by Gasteiger charge is 2.38. The zero-order valence-corrected chi connectivity index (χ0v) is 14.3. The van der Waals surface area contributed by atoms with Gasteiger partial charge in [0.2, 0.25) is 10.0 Å². The monoisotopic (exact) mass is 349 g/mol. The van der Waals surface area contributed by atoms with Gasteiger partial charge in [0.25, 0.3) is 0 Å². The number of ether oxygens (including phenoxy) is 1. The minimum absolute atomic E-state index is 0.558. The molecule has 23 heavy (non-hydrogen) atoms. The molecule has 0 saturated carbocycles. The first-order valence-corrected chi connectivity index (χ1v) is 9.91. The Morgan fingerprint density at radius 1 is 1.09 bits per heavy atom. The SMILES string of the molecule is O=S(=O)(/C=C/c1ccccc1)NC1(c2cccs2)CCOCC1. The van der Waals surface area contributed by atoms with E-state index in [-0.39, 0.29) is 0 Å². The fourth-order valence-electron chi connectivity index (χ4n) is 2.71. The molecule has 1 N–H and O–H groups in total. The van der Waals surface area contributed by atoms with Crippen LogP contribution in [-0.4, -0.2) is 21.6 Å². The number of rotatable bonds is 5. The molecule has 1 aromatic heterocycles. The van der Waals surface area contributed by atoms with Gasteiger partial charge in [-0.25, -0.2) is 13.1 Å². The first-order chi connectivity index (χ1) is 11.1. The maximum Gasteiger partial charge on any atom is 0.234 e. The second-order valence-corrected chi connectivity index (χ2v) is 8.05. The lowest BCUT2D eigenvalue weighted by Crippen LogP contribution is -2.48. The molecule has 0 aliphatic carbocycles. The Morgan fingerprint density at radius 2 is 1.83 bits per heavy atom. The van der Waals surface area contributed by atoms with Crippen LogP contribution < -0.4 is 4.72 Å². The number of hydrogen-bond acceptors (Lipinski definition) is 4. The zero-order valence-electron chi connectivity index (χ0n) is 12.6. The summed E-state index contributed by atoms with van der Waals surface area (Å²) < 4.78 is 33.4. The first-order valence-electron chi connectivity index (χ1n) is 7.49. The lowest BCUT2D eigenvalue weighted by atomic mass is 9.90. The van der Waals surface area contributed by atoms with Crippen LogP contribution in [0.2, 0.25) is 0 Å². The van der Waals surface area contributed by atoms with Crippen LogP contribution in [0.25, 0.3) is 6.08 Å². The maximum absolute atomic E-state index is 12.5. The van der Waals surface area contributed by atoms with Crippen LogP contribution in [0, 0.1) is 0 Å². The number of nitrogens with one attached hydrogen (secondary N) is 1. The van der Waals surface area contributed by atoms with E-state index in [0.29, 0.717) is 26.1 Å². The highest BCUT2D eigenvalue weighted by Crippen LogP contribution is 2.35. The van der Waals surface area contributed by atoms with Gasteiger partial charge >= 0.3 is 0 Å². The van der Waals surface area contributed by atoms with Gasteiger partial charge in [0.1, 0.15) is 0 Å². The van der Waals surface area contributed by atoms with Gasteiger partial charge in [-0.2, -0.15) is 0 Å². The number of sulfonamides is 1. The lowest BCUT2D eigenvalue weighted by Gasteiger charge is -2.36. The van der Waals surface area contributed by atoms with Crippen LogP contribution in [-0.2, 0) is 20.3 Å². The molecule has 2 aromatic rings. The summed E-state index contributed by atoms with van der Waals surface area (Å²) in [6.45, 7) is 1.12. The van der Waals surface area contributed by atoms with Gasteiger partial charge < -0.3 is 4.74 Å². The van der Waals surface area contributed by atoms with Crippen LogP contribution in [0.5, 0.6) is 0 Å². The molecular formula is C17H19NO3S2. The summed E-state index contributed by atoms with van der Waals surface area (Å²) >= 11 is 1.58. The molecule has 0 atom stereocenters. The van der Waals surface area contributed by atoms with Crippen LogP contribution in [0.4, 0.5) is 0 Å². The summed E-state index contributed by atoms with van der Waals surface area (Å²) in [6, 6.07) is 13.3. The molecule has 3 rings (SSSR count). The van der Waals surface area contributed by atoms with E-state index in [1.165, 1.54) is 5.41 Å². The minimum Gasteiger partial charge on any atom is -0.381 e. The Labute approximate surface area is 140 Å². The number of benzene rings is 1. The molecule has 1 aliphatic heterocycles. The van der Waals surface area contributed by atoms with Crippen molar-refractivity contribution in [3.05, 3.63) is 63.7 Å². The molecule has 0 unspecified atom stereocenters. The Balaban J connectivity index is 1.83. The first kappa shape index (κ1) is 16.4.